The SMILES string of the molecule is NCC1CCC(CN2CCC2)CC1. The largest absolute Gasteiger partial charge is 0.330 e. The molecule has 1 aliphatic carbocycles. The summed E-state index contributed by atoms with van der Waals surface area (Å²) < 4.78 is 0. The van der Waals surface area contributed by atoms with E-state index >= 15 is 0 Å². The lowest BCUT2D eigenvalue weighted by atomic mass is 9.81. The van der Waals surface area contributed by atoms with Gasteiger partial charge < -0.3 is 10.6 Å². The number of nitrogens with two attached hydrogens (primary N) is 1. The third-order valence-corrected chi connectivity index (χ3v) is 3.76. The Kier molecular flexibility index (Phi) is 3.23. The minimum atomic E-state index is 0.840. The van der Waals surface area contributed by atoms with Crippen LogP contribution in [0.4, 0.5) is 0 Å². The predicted molar refractivity (Wildman–Crippen MR) is 55.6 cm³/mol. The van der Waals surface area contributed by atoms with Crippen LogP contribution in [-0.4, -0.2) is 31.1 Å². The summed E-state index contributed by atoms with van der Waals surface area (Å²) in [5.74, 6) is 1.83. The minimum Gasteiger partial charge on any atom is -0.330 e. The van der Waals surface area contributed by atoms with E-state index in [1.807, 2.05) is 0 Å². The lowest BCUT2D eigenvalue weighted by molar-refractivity contribution is 0.127. The average molecular weight is 182 g/mol. The van der Waals surface area contributed by atoms with E-state index in [0.717, 1.165) is 18.4 Å². The Balaban J connectivity index is 1.65. The molecule has 2 nitrogen and oxygen atoms in total. The van der Waals surface area contributed by atoms with Crippen LogP contribution in [0.2, 0.25) is 0 Å². The monoisotopic (exact) mass is 182 g/mol. The molecule has 2 rings (SSSR count). The van der Waals surface area contributed by atoms with Gasteiger partial charge in [-0.3, -0.25) is 0 Å². The average Bonchev–Trinajstić information content (AvgIpc) is 2.12. The molecule has 0 bridgehead atoms. The highest BCUT2D eigenvalue weighted by Crippen LogP contribution is 2.29. The molecule has 0 aromatic carbocycles. The van der Waals surface area contributed by atoms with Crippen LogP contribution in [0.5, 0.6) is 0 Å². The molecule has 13 heavy (non-hydrogen) atoms. The second-order valence-electron chi connectivity index (χ2n) is 4.78. The van der Waals surface area contributed by atoms with E-state index in [0.29, 0.717) is 0 Å². The first-order valence-corrected chi connectivity index (χ1v) is 5.81. The van der Waals surface area contributed by atoms with Gasteiger partial charge in [-0.25, -0.2) is 0 Å². The molecule has 1 aliphatic heterocycles. The molecule has 0 aromatic rings. The Morgan fingerprint density at radius 1 is 1.00 bits per heavy atom. The van der Waals surface area contributed by atoms with Crippen molar-refractivity contribution in [3.8, 4) is 0 Å². The van der Waals surface area contributed by atoms with Gasteiger partial charge in [0.05, 0.1) is 0 Å². The van der Waals surface area contributed by atoms with Gasteiger partial charge in [0.25, 0.3) is 0 Å². The number of likely N-dealkylation sites (tertiary alicyclic amines) is 1. The minimum absolute atomic E-state index is 0.840. The van der Waals surface area contributed by atoms with Crippen molar-refractivity contribution in [3.05, 3.63) is 0 Å². The van der Waals surface area contributed by atoms with Crippen molar-refractivity contribution in [2.45, 2.75) is 32.1 Å². The van der Waals surface area contributed by atoms with Crippen molar-refractivity contribution in [1.82, 2.24) is 4.90 Å². The highest BCUT2D eigenvalue weighted by molar-refractivity contribution is 4.78. The zero-order valence-corrected chi connectivity index (χ0v) is 8.54. The van der Waals surface area contributed by atoms with Gasteiger partial charge in [-0.2, -0.15) is 0 Å². The van der Waals surface area contributed by atoms with Crippen LogP contribution in [0.1, 0.15) is 32.1 Å². The molecule has 0 unspecified atom stereocenters. The molecule has 0 atom stereocenters. The summed E-state index contributed by atoms with van der Waals surface area (Å²) in [6.45, 7) is 5.00. The first kappa shape index (κ1) is 9.47. The van der Waals surface area contributed by atoms with Crippen LogP contribution in [0.3, 0.4) is 0 Å². The van der Waals surface area contributed by atoms with Gasteiger partial charge in [0.15, 0.2) is 0 Å². The van der Waals surface area contributed by atoms with Gasteiger partial charge in [-0.1, -0.05) is 0 Å². The fourth-order valence-corrected chi connectivity index (χ4v) is 2.58. The quantitative estimate of drug-likeness (QED) is 0.716. The standard InChI is InChI=1S/C11H22N2/c12-8-10-2-4-11(5-3-10)9-13-6-1-7-13/h10-11H,1-9,12H2. The van der Waals surface area contributed by atoms with Crippen molar-refractivity contribution < 1.29 is 0 Å². The molecule has 1 saturated carbocycles. The van der Waals surface area contributed by atoms with Crippen LogP contribution in [0.25, 0.3) is 0 Å². The van der Waals surface area contributed by atoms with Crippen molar-refractivity contribution in [3.63, 3.8) is 0 Å². The summed E-state index contributed by atoms with van der Waals surface area (Å²) in [5.41, 5.74) is 5.68. The summed E-state index contributed by atoms with van der Waals surface area (Å²) >= 11 is 0. The van der Waals surface area contributed by atoms with E-state index < -0.39 is 0 Å². The third kappa shape index (κ3) is 2.44. The number of hydrogen-bond acceptors (Lipinski definition) is 2. The van der Waals surface area contributed by atoms with Crippen molar-refractivity contribution >= 4 is 0 Å². The molecular formula is C11H22N2. The summed E-state index contributed by atoms with van der Waals surface area (Å²) in [6.07, 6.45) is 7.05. The maximum atomic E-state index is 5.68. The van der Waals surface area contributed by atoms with Crippen LogP contribution in [-0.2, 0) is 0 Å². The van der Waals surface area contributed by atoms with Gasteiger partial charge in [0.2, 0.25) is 0 Å². The maximum absolute atomic E-state index is 5.68. The number of rotatable bonds is 3. The Morgan fingerprint density at radius 2 is 1.62 bits per heavy atom. The first-order chi connectivity index (χ1) is 6.38. The summed E-state index contributed by atoms with van der Waals surface area (Å²) in [4.78, 5) is 2.60. The highest BCUT2D eigenvalue weighted by atomic mass is 15.2. The number of hydrogen-bond donors (Lipinski definition) is 1. The molecule has 1 saturated heterocycles. The molecule has 1 heterocycles. The van der Waals surface area contributed by atoms with E-state index in [1.165, 1.54) is 51.7 Å². The van der Waals surface area contributed by atoms with Crippen LogP contribution in [0, 0.1) is 11.8 Å². The Labute approximate surface area is 81.5 Å². The molecule has 2 fully saturated rings. The zero-order valence-electron chi connectivity index (χ0n) is 8.54. The van der Waals surface area contributed by atoms with Gasteiger partial charge in [0.1, 0.15) is 0 Å². The van der Waals surface area contributed by atoms with Crippen LogP contribution >= 0.6 is 0 Å². The van der Waals surface area contributed by atoms with E-state index in [1.54, 1.807) is 0 Å². The van der Waals surface area contributed by atoms with Crippen molar-refractivity contribution in [1.29, 1.82) is 0 Å². The summed E-state index contributed by atoms with van der Waals surface area (Å²) in [6, 6.07) is 0. The van der Waals surface area contributed by atoms with Gasteiger partial charge >= 0.3 is 0 Å². The fourth-order valence-electron chi connectivity index (χ4n) is 2.58. The van der Waals surface area contributed by atoms with Crippen LogP contribution < -0.4 is 5.73 Å². The molecule has 2 aliphatic rings. The second kappa shape index (κ2) is 4.43. The molecule has 2 N–H and O–H groups in total. The second-order valence-corrected chi connectivity index (χ2v) is 4.78. The third-order valence-electron chi connectivity index (χ3n) is 3.76. The van der Waals surface area contributed by atoms with Crippen molar-refractivity contribution in [2.75, 3.05) is 26.2 Å². The lowest BCUT2D eigenvalue weighted by Crippen LogP contribution is -2.41. The lowest BCUT2D eigenvalue weighted by Gasteiger charge is -2.36. The van der Waals surface area contributed by atoms with Crippen LogP contribution in [0.15, 0.2) is 0 Å². The predicted octanol–water partition coefficient (Wildman–Crippen LogP) is 1.46. The zero-order chi connectivity index (χ0) is 9.10. The van der Waals surface area contributed by atoms with E-state index in [-0.39, 0.29) is 0 Å². The Bertz CT molecular complexity index is 146. The Morgan fingerprint density at radius 3 is 2.08 bits per heavy atom. The van der Waals surface area contributed by atoms with Gasteiger partial charge in [-0.05, 0) is 63.6 Å². The van der Waals surface area contributed by atoms with E-state index in [2.05, 4.69) is 4.90 Å². The summed E-state index contributed by atoms with van der Waals surface area (Å²) in [7, 11) is 0. The molecule has 76 valence electrons. The molecular weight excluding hydrogens is 160 g/mol. The van der Waals surface area contributed by atoms with E-state index in [4.69, 9.17) is 5.73 Å². The molecule has 2 heteroatoms. The first-order valence-electron chi connectivity index (χ1n) is 5.81. The molecule has 0 amide bonds. The van der Waals surface area contributed by atoms with Gasteiger partial charge in [0, 0.05) is 6.54 Å². The molecule has 0 radical (unpaired) electrons. The smallest absolute Gasteiger partial charge is 0.000968 e. The maximum Gasteiger partial charge on any atom is 0.000968 e. The number of nitrogens with zero attached hydrogens (tertiary/aromatic N) is 1. The topological polar surface area (TPSA) is 29.3 Å². The normalized spacial score (nSPS) is 35.8. The highest BCUT2D eigenvalue weighted by Gasteiger charge is 2.23. The van der Waals surface area contributed by atoms with Gasteiger partial charge in [-0.15, -0.1) is 0 Å². The molecule has 0 spiro atoms. The summed E-state index contributed by atoms with van der Waals surface area (Å²) in [5, 5.41) is 0. The molecule has 0 aromatic heterocycles. The van der Waals surface area contributed by atoms with E-state index in [9.17, 15) is 0 Å². The van der Waals surface area contributed by atoms with Crippen molar-refractivity contribution in [2.24, 2.45) is 17.6 Å². The fraction of sp³-hybridized carbons (Fsp3) is 1.00. The Hall–Kier alpha value is -0.0800.